The minimum atomic E-state index is -0.464. The normalized spacial score (nSPS) is 11.0. The van der Waals surface area contributed by atoms with Crippen LogP contribution in [0, 0.1) is 3.70 Å². The molecule has 1 rings (SSSR count). The first-order chi connectivity index (χ1) is 7.37. The molecule has 1 amide bonds. The largest absolute Gasteiger partial charge is 0.444 e. The molecule has 1 N–H and O–H groups in total. The average Bonchev–Trinajstić information content (AvgIpc) is 2.14. The van der Waals surface area contributed by atoms with E-state index in [1.54, 1.807) is 6.20 Å². The van der Waals surface area contributed by atoms with Crippen molar-refractivity contribution in [2.24, 2.45) is 0 Å². The van der Waals surface area contributed by atoms with Gasteiger partial charge in [-0.25, -0.2) is 9.78 Å². The summed E-state index contributed by atoms with van der Waals surface area (Å²) in [7, 11) is 0. The molecule has 0 aliphatic carbocycles. The fraction of sp³-hybridized carbons (Fsp3) is 0.455. The zero-order valence-corrected chi connectivity index (χ0v) is 11.7. The summed E-state index contributed by atoms with van der Waals surface area (Å²) in [5.74, 6) is 0. The van der Waals surface area contributed by atoms with Gasteiger partial charge >= 0.3 is 6.09 Å². The van der Waals surface area contributed by atoms with Crippen LogP contribution in [0.15, 0.2) is 18.3 Å². The number of halogens is 1. The van der Waals surface area contributed by atoms with Crippen molar-refractivity contribution in [2.45, 2.75) is 32.9 Å². The van der Waals surface area contributed by atoms with Crippen molar-refractivity contribution in [3.05, 3.63) is 27.6 Å². The number of hydrogen-bond acceptors (Lipinski definition) is 3. The number of rotatable bonds is 2. The molecule has 88 valence electrons. The molecule has 0 saturated heterocycles. The topological polar surface area (TPSA) is 51.2 Å². The third-order valence-corrected chi connectivity index (χ3v) is 2.26. The number of amides is 1. The third-order valence-electron chi connectivity index (χ3n) is 1.62. The van der Waals surface area contributed by atoms with Crippen molar-refractivity contribution in [2.75, 3.05) is 0 Å². The smallest absolute Gasteiger partial charge is 0.407 e. The highest BCUT2D eigenvalue weighted by atomic mass is 127. The molecule has 0 unspecified atom stereocenters. The van der Waals surface area contributed by atoms with Crippen LogP contribution in [-0.2, 0) is 11.3 Å². The maximum Gasteiger partial charge on any atom is 0.407 e. The number of pyridine rings is 1. The van der Waals surface area contributed by atoms with Crippen LogP contribution in [0.3, 0.4) is 0 Å². The SMILES string of the molecule is CC(C)(C)OC(=O)NCc1ccc(I)nc1. The minimum Gasteiger partial charge on any atom is -0.444 e. The Morgan fingerprint density at radius 3 is 2.69 bits per heavy atom. The summed E-state index contributed by atoms with van der Waals surface area (Å²) in [5.41, 5.74) is 0.486. The lowest BCUT2D eigenvalue weighted by Gasteiger charge is -2.19. The molecule has 16 heavy (non-hydrogen) atoms. The number of aromatic nitrogens is 1. The third kappa shape index (κ3) is 5.29. The highest BCUT2D eigenvalue weighted by molar-refractivity contribution is 14.1. The molecule has 5 heteroatoms. The Balaban J connectivity index is 2.40. The lowest BCUT2D eigenvalue weighted by Crippen LogP contribution is -2.32. The summed E-state index contributed by atoms with van der Waals surface area (Å²) < 4.78 is 6.04. The summed E-state index contributed by atoms with van der Waals surface area (Å²) in [4.78, 5) is 15.5. The van der Waals surface area contributed by atoms with Crippen LogP contribution < -0.4 is 5.32 Å². The Labute approximate surface area is 109 Å². The second-order valence-corrected chi connectivity index (χ2v) is 5.45. The Morgan fingerprint density at radius 1 is 1.50 bits per heavy atom. The maximum atomic E-state index is 11.3. The molecule has 1 aromatic rings. The van der Waals surface area contributed by atoms with Crippen molar-refractivity contribution in [3.63, 3.8) is 0 Å². The van der Waals surface area contributed by atoms with Crippen molar-refractivity contribution in [1.29, 1.82) is 0 Å². The molecule has 4 nitrogen and oxygen atoms in total. The first-order valence-electron chi connectivity index (χ1n) is 4.94. The van der Waals surface area contributed by atoms with E-state index in [4.69, 9.17) is 4.74 Å². The van der Waals surface area contributed by atoms with E-state index >= 15 is 0 Å². The fourth-order valence-electron chi connectivity index (χ4n) is 0.999. The number of carbonyl (C=O) groups excluding carboxylic acids is 1. The Bertz CT molecular complexity index is 357. The standard InChI is InChI=1S/C11H15IN2O2/c1-11(2,3)16-10(15)14-7-8-4-5-9(12)13-6-8/h4-6H,7H2,1-3H3,(H,14,15). The average molecular weight is 334 g/mol. The van der Waals surface area contributed by atoms with Crippen molar-refractivity contribution >= 4 is 28.7 Å². The summed E-state index contributed by atoms with van der Waals surface area (Å²) >= 11 is 2.13. The zero-order valence-electron chi connectivity index (χ0n) is 9.58. The fourth-order valence-corrected chi connectivity index (χ4v) is 1.32. The molecule has 0 atom stereocenters. The van der Waals surface area contributed by atoms with Gasteiger partial charge < -0.3 is 10.1 Å². The van der Waals surface area contributed by atoms with E-state index in [9.17, 15) is 4.79 Å². The van der Waals surface area contributed by atoms with Crippen LogP contribution in [0.25, 0.3) is 0 Å². The van der Waals surface area contributed by atoms with Gasteiger partial charge in [0.1, 0.15) is 9.30 Å². The van der Waals surface area contributed by atoms with E-state index in [0.717, 1.165) is 9.26 Å². The van der Waals surface area contributed by atoms with Crippen LogP contribution in [0.5, 0.6) is 0 Å². The van der Waals surface area contributed by atoms with Gasteiger partial charge in [0.15, 0.2) is 0 Å². The molecule has 0 bridgehead atoms. The van der Waals surface area contributed by atoms with Crippen molar-refractivity contribution < 1.29 is 9.53 Å². The molecule has 1 heterocycles. The van der Waals surface area contributed by atoms with Crippen LogP contribution in [0.1, 0.15) is 26.3 Å². The molecule has 0 aliphatic rings. The Hall–Kier alpha value is -0.850. The second-order valence-electron chi connectivity index (χ2n) is 4.34. The summed E-state index contributed by atoms with van der Waals surface area (Å²) in [6.45, 7) is 5.93. The van der Waals surface area contributed by atoms with Gasteiger partial charge in [0.25, 0.3) is 0 Å². The van der Waals surface area contributed by atoms with E-state index in [2.05, 4.69) is 32.9 Å². The number of hydrogen-bond donors (Lipinski definition) is 1. The van der Waals surface area contributed by atoms with Crippen molar-refractivity contribution in [3.8, 4) is 0 Å². The first-order valence-corrected chi connectivity index (χ1v) is 6.02. The van der Waals surface area contributed by atoms with Gasteiger partial charge in [-0.2, -0.15) is 0 Å². The summed E-state index contributed by atoms with van der Waals surface area (Å²) in [5, 5.41) is 2.67. The van der Waals surface area contributed by atoms with Crippen LogP contribution >= 0.6 is 22.6 Å². The monoisotopic (exact) mass is 334 g/mol. The van der Waals surface area contributed by atoms with Gasteiger partial charge in [0.05, 0.1) is 0 Å². The lowest BCUT2D eigenvalue weighted by atomic mass is 10.2. The van der Waals surface area contributed by atoms with Gasteiger partial charge in [-0.3, -0.25) is 0 Å². The lowest BCUT2D eigenvalue weighted by molar-refractivity contribution is 0.0523. The van der Waals surface area contributed by atoms with Gasteiger partial charge in [0, 0.05) is 12.7 Å². The number of nitrogens with zero attached hydrogens (tertiary/aromatic N) is 1. The molecule has 0 fully saturated rings. The minimum absolute atomic E-state index is 0.411. The maximum absolute atomic E-state index is 11.3. The van der Waals surface area contributed by atoms with Gasteiger partial charge in [-0.15, -0.1) is 0 Å². The molecular weight excluding hydrogens is 319 g/mol. The highest BCUT2D eigenvalue weighted by Crippen LogP contribution is 2.07. The first kappa shape index (κ1) is 13.2. The van der Waals surface area contributed by atoms with E-state index in [-0.39, 0.29) is 0 Å². The molecular formula is C11H15IN2O2. The van der Waals surface area contributed by atoms with E-state index < -0.39 is 11.7 Å². The van der Waals surface area contributed by atoms with E-state index in [1.807, 2.05) is 32.9 Å². The Morgan fingerprint density at radius 2 is 2.19 bits per heavy atom. The molecule has 1 aromatic heterocycles. The predicted octanol–water partition coefficient (Wildman–Crippen LogP) is 2.71. The zero-order chi connectivity index (χ0) is 12.2. The molecule has 0 radical (unpaired) electrons. The predicted molar refractivity (Wildman–Crippen MR) is 70.0 cm³/mol. The second kappa shape index (κ2) is 5.47. The van der Waals surface area contributed by atoms with Crippen LogP contribution in [-0.4, -0.2) is 16.7 Å². The van der Waals surface area contributed by atoms with Crippen LogP contribution in [0.4, 0.5) is 4.79 Å². The number of nitrogens with one attached hydrogen (secondary N) is 1. The van der Waals surface area contributed by atoms with Crippen LogP contribution in [0.2, 0.25) is 0 Å². The summed E-state index contributed by atoms with van der Waals surface area (Å²) in [6, 6.07) is 3.82. The molecule has 0 aliphatic heterocycles. The van der Waals surface area contributed by atoms with Gasteiger partial charge in [0.2, 0.25) is 0 Å². The number of ether oxygens (including phenoxy) is 1. The molecule has 0 spiro atoms. The summed E-state index contributed by atoms with van der Waals surface area (Å²) in [6.07, 6.45) is 1.32. The highest BCUT2D eigenvalue weighted by Gasteiger charge is 2.15. The Kier molecular flexibility index (Phi) is 4.52. The number of carbonyl (C=O) groups is 1. The quantitative estimate of drug-likeness (QED) is 0.668. The number of alkyl carbamates (subject to hydrolysis) is 1. The molecule has 0 aromatic carbocycles. The van der Waals surface area contributed by atoms with Crippen molar-refractivity contribution in [1.82, 2.24) is 10.3 Å². The molecule has 0 saturated carbocycles. The van der Waals surface area contributed by atoms with Gasteiger partial charge in [-0.05, 0) is 55.0 Å². The van der Waals surface area contributed by atoms with Gasteiger partial charge in [-0.1, -0.05) is 6.07 Å². The van der Waals surface area contributed by atoms with E-state index in [1.165, 1.54) is 0 Å². The van der Waals surface area contributed by atoms with E-state index in [0.29, 0.717) is 6.54 Å².